The summed E-state index contributed by atoms with van der Waals surface area (Å²) >= 11 is 0. The van der Waals surface area contributed by atoms with Crippen molar-refractivity contribution < 1.29 is 14.7 Å². The van der Waals surface area contributed by atoms with Crippen LogP contribution in [-0.4, -0.2) is 23.5 Å². The maximum atomic E-state index is 10.6. The van der Waals surface area contributed by atoms with Crippen LogP contribution in [0.3, 0.4) is 0 Å². The van der Waals surface area contributed by atoms with Gasteiger partial charge in [-0.25, -0.2) is 4.79 Å². The van der Waals surface area contributed by atoms with Crippen LogP contribution in [0, 0.1) is 5.92 Å². The molecule has 0 aromatic heterocycles. The molecule has 0 saturated heterocycles. The number of carbonyl (C=O) groups is 2. The Morgan fingerprint density at radius 1 is 1.38 bits per heavy atom. The van der Waals surface area contributed by atoms with Crippen molar-refractivity contribution in [2.75, 3.05) is 0 Å². The zero-order chi connectivity index (χ0) is 9.68. The average molecular weight is 185 g/mol. The van der Waals surface area contributed by atoms with E-state index in [1.54, 1.807) is 0 Å². The summed E-state index contributed by atoms with van der Waals surface area (Å²) in [6, 6.07) is -0.502. The van der Waals surface area contributed by atoms with Gasteiger partial charge in [0.15, 0.2) is 0 Å². The second-order valence-electron chi connectivity index (χ2n) is 3.51. The van der Waals surface area contributed by atoms with Crippen molar-refractivity contribution >= 4 is 12.4 Å². The molecule has 1 amide bonds. The Kier molecular flexibility index (Phi) is 3.73. The molecule has 13 heavy (non-hydrogen) atoms. The van der Waals surface area contributed by atoms with Crippen LogP contribution in [0.5, 0.6) is 0 Å². The minimum absolute atomic E-state index is 0.211. The second kappa shape index (κ2) is 4.84. The highest BCUT2D eigenvalue weighted by atomic mass is 16.4. The van der Waals surface area contributed by atoms with Crippen molar-refractivity contribution in [1.82, 2.24) is 5.32 Å². The van der Waals surface area contributed by atoms with E-state index in [1.165, 1.54) is 6.42 Å². The first-order valence-electron chi connectivity index (χ1n) is 4.69. The van der Waals surface area contributed by atoms with Gasteiger partial charge in [0.05, 0.1) is 6.04 Å². The number of hydrogen-bond donors (Lipinski definition) is 2. The standard InChI is InChI=1S/C9H15NO3/c11-6-8(10-9(12)13)7-4-2-1-3-5-7/h6-8,10H,1-5H2,(H,12,13)/t8-/m0/s1. The normalized spacial score (nSPS) is 20.6. The molecule has 0 heterocycles. The second-order valence-corrected chi connectivity index (χ2v) is 3.51. The minimum atomic E-state index is -1.11. The maximum Gasteiger partial charge on any atom is 0.405 e. The zero-order valence-corrected chi connectivity index (χ0v) is 7.53. The van der Waals surface area contributed by atoms with E-state index < -0.39 is 12.1 Å². The molecule has 1 saturated carbocycles. The highest BCUT2D eigenvalue weighted by Crippen LogP contribution is 2.25. The molecule has 0 unspecified atom stereocenters. The van der Waals surface area contributed by atoms with E-state index in [2.05, 4.69) is 5.32 Å². The van der Waals surface area contributed by atoms with Crippen LogP contribution in [0.4, 0.5) is 4.79 Å². The summed E-state index contributed by atoms with van der Waals surface area (Å²) < 4.78 is 0. The Labute approximate surface area is 77.3 Å². The molecule has 1 fully saturated rings. The average Bonchev–Trinajstić information content (AvgIpc) is 2.15. The molecular weight excluding hydrogens is 170 g/mol. The molecule has 1 aliphatic rings. The van der Waals surface area contributed by atoms with Gasteiger partial charge >= 0.3 is 6.09 Å². The summed E-state index contributed by atoms with van der Waals surface area (Å²) in [6.07, 6.45) is 4.95. The van der Waals surface area contributed by atoms with E-state index in [0.29, 0.717) is 6.29 Å². The van der Waals surface area contributed by atoms with Crippen LogP contribution in [-0.2, 0) is 4.79 Å². The van der Waals surface area contributed by atoms with Crippen LogP contribution in [0.25, 0.3) is 0 Å². The third kappa shape index (κ3) is 3.05. The van der Waals surface area contributed by atoms with Crippen molar-refractivity contribution in [3.63, 3.8) is 0 Å². The Hall–Kier alpha value is -1.06. The predicted molar refractivity (Wildman–Crippen MR) is 47.6 cm³/mol. The molecule has 0 aliphatic heterocycles. The van der Waals surface area contributed by atoms with Gasteiger partial charge in [0.2, 0.25) is 0 Å². The molecule has 74 valence electrons. The molecule has 1 aliphatic carbocycles. The minimum Gasteiger partial charge on any atom is -0.465 e. The summed E-state index contributed by atoms with van der Waals surface area (Å²) in [6.45, 7) is 0. The molecular formula is C9H15NO3. The molecule has 2 N–H and O–H groups in total. The smallest absolute Gasteiger partial charge is 0.405 e. The van der Waals surface area contributed by atoms with Crippen LogP contribution in [0.1, 0.15) is 32.1 Å². The molecule has 0 bridgehead atoms. The predicted octanol–water partition coefficient (Wildman–Crippen LogP) is 1.40. The van der Waals surface area contributed by atoms with Gasteiger partial charge in [0.25, 0.3) is 0 Å². The molecule has 0 aromatic rings. The van der Waals surface area contributed by atoms with E-state index in [4.69, 9.17) is 5.11 Å². The summed E-state index contributed by atoms with van der Waals surface area (Å²) in [5.74, 6) is 0.211. The Bertz CT molecular complexity index is 187. The summed E-state index contributed by atoms with van der Waals surface area (Å²) in [4.78, 5) is 21.0. The van der Waals surface area contributed by atoms with E-state index >= 15 is 0 Å². The lowest BCUT2D eigenvalue weighted by Gasteiger charge is -2.26. The lowest BCUT2D eigenvalue weighted by Crippen LogP contribution is -2.41. The number of carbonyl (C=O) groups excluding carboxylic acids is 1. The largest absolute Gasteiger partial charge is 0.465 e. The van der Waals surface area contributed by atoms with Crippen molar-refractivity contribution in [1.29, 1.82) is 0 Å². The van der Waals surface area contributed by atoms with Crippen LogP contribution in [0.2, 0.25) is 0 Å². The van der Waals surface area contributed by atoms with Crippen molar-refractivity contribution in [2.45, 2.75) is 38.1 Å². The maximum absolute atomic E-state index is 10.6. The Morgan fingerprint density at radius 2 is 2.00 bits per heavy atom. The summed E-state index contributed by atoms with van der Waals surface area (Å²) in [5, 5.41) is 10.7. The Balaban J connectivity index is 2.43. The quantitative estimate of drug-likeness (QED) is 0.653. The fourth-order valence-corrected chi connectivity index (χ4v) is 1.90. The first kappa shape index (κ1) is 10.0. The number of carboxylic acid groups (broad SMARTS) is 1. The van der Waals surface area contributed by atoms with Gasteiger partial charge < -0.3 is 15.2 Å². The summed E-state index contributed by atoms with van der Waals surface area (Å²) in [7, 11) is 0. The zero-order valence-electron chi connectivity index (χ0n) is 7.53. The fraction of sp³-hybridized carbons (Fsp3) is 0.778. The van der Waals surface area contributed by atoms with Gasteiger partial charge in [-0.15, -0.1) is 0 Å². The number of hydrogen-bond acceptors (Lipinski definition) is 2. The molecule has 4 nitrogen and oxygen atoms in total. The number of rotatable bonds is 3. The Morgan fingerprint density at radius 3 is 2.46 bits per heavy atom. The molecule has 1 rings (SSSR count). The van der Waals surface area contributed by atoms with Gasteiger partial charge in [0, 0.05) is 0 Å². The van der Waals surface area contributed by atoms with Crippen LogP contribution >= 0.6 is 0 Å². The van der Waals surface area contributed by atoms with Crippen LogP contribution < -0.4 is 5.32 Å². The van der Waals surface area contributed by atoms with E-state index in [1.807, 2.05) is 0 Å². The lowest BCUT2D eigenvalue weighted by atomic mass is 9.84. The van der Waals surface area contributed by atoms with Crippen LogP contribution in [0.15, 0.2) is 0 Å². The number of amides is 1. The fourth-order valence-electron chi connectivity index (χ4n) is 1.90. The molecule has 0 aromatic carbocycles. The van der Waals surface area contributed by atoms with Gasteiger partial charge in [-0.2, -0.15) is 0 Å². The van der Waals surface area contributed by atoms with Crippen molar-refractivity contribution in [2.24, 2.45) is 5.92 Å². The first-order chi connectivity index (χ1) is 6.24. The summed E-state index contributed by atoms with van der Waals surface area (Å²) in [5.41, 5.74) is 0. The van der Waals surface area contributed by atoms with Gasteiger partial charge in [-0.3, -0.25) is 0 Å². The van der Waals surface area contributed by atoms with Gasteiger partial charge in [-0.05, 0) is 18.8 Å². The monoisotopic (exact) mass is 185 g/mol. The van der Waals surface area contributed by atoms with Crippen molar-refractivity contribution in [3.05, 3.63) is 0 Å². The third-order valence-electron chi connectivity index (χ3n) is 2.59. The third-order valence-corrected chi connectivity index (χ3v) is 2.59. The van der Waals surface area contributed by atoms with Gasteiger partial charge in [-0.1, -0.05) is 19.3 Å². The van der Waals surface area contributed by atoms with E-state index in [0.717, 1.165) is 25.7 Å². The molecule has 0 radical (unpaired) electrons. The number of aldehydes is 1. The SMILES string of the molecule is O=C[C@H](NC(=O)O)C1CCCCC1. The van der Waals surface area contributed by atoms with E-state index in [9.17, 15) is 9.59 Å². The van der Waals surface area contributed by atoms with E-state index in [-0.39, 0.29) is 5.92 Å². The molecule has 0 spiro atoms. The lowest BCUT2D eigenvalue weighted by molar-refractivity contribution is -0.110. The topological polar surface area (TPSA) is 66.4 Å². The highest BCUT2D eigenvalue weighted by Gasteiger charge is 2.24. The van der Waals surface area contributed by atoms with Gasteiger partial charge in [0.1, 0.15) is 6.29 Å². The molecule has 4 heteroatoms. The number of nitrogens with one attached hydrogen (secondary N) is 1. The molecule has 1 atom stereocenters. The first-order valence-corrected chi connectivity index (χ1v) is 4.69. The van der Waals surface area contributed by atoms with Crippen molar-refractivity contribution in [3.8, 4) is 0 Å². The highest BCUT2D eigenvalue weighted by molar-refractivity contribution is 5.71.